The maximum Gasteiger partial charge on any atom is 0.355 e. The third-order valence-electron chi connectivity index (χ3n) is 4.35. The molecule has 0 saturated carbocycles. The van der Waals surface area contributed by atoms with Crippen molar-refractivity contribution in [3.05, 3.63) is 90.3 Å². The van der Waals surface area contributed by atoms with E-state index in [9.17, 15) is 9.59 Å². The molecule has 0 atom stereocenters. The number of ether oxygens (including phenoxy) is 4. The summed E-state index contributed by atoms with van der Waals surface area (Å²) in [4.78, 5) is 26.3. The molecule has 0 radical (unpaired) electrons. The number of carbonyl (C=O) groups is 2. The first-order valence-corrected chi connectivity index (χ1v) is 9.59. The second-order valence-electron chi connectivity index (χ2n) is 6.32. The second-order valence-corrected chi connectivity index (χ2v) is 6.32. The summed E-state index contributed by atoms with van der Waals surface area (Å²) in [5.41, 5.74) is 0.745. The van der Waals surface area contributed by atoms with Gasteiger partial charge in [-0.2, -0.15) is 0 Å². The van der Waals surface area contributed by atoms with Crippen molar-refractivity contribution in [1.82, 2.24) is 0 Å². The zero-order chi connectivity index (χ0) is 22.1. The van der Waals surface area contributed by atoms with E-state index in [-0.39, 0.29) is 11.3 Å². The van der Waals surface area contributed by atoms with Crippen LogP contribution in [-0.4, -0.2) is 39.4 Å². The van der Waals surface area contributed by atoms with Crippen LogP contribution in [0.25, 0.3) is 0 Å². The fourth-order valence-electron chi connectivity index (χ4n) is 2.92. The van der Waals surface area contributed by atoms with Crippen molar-refractivity contribution in [1.29, 1.82) is 0 Å². The minimum Gasteiger partial charge on any atom is -0.490 e. The summed E-state index contributed by atoms with van der Waals surface area (Å²) in [6, 6.07) is 16.6. The smallest absolute Gasteiger partial charge is 0.355 e. The van der Waals surface area contributed by atoms with Gasteiger partial charge >= 0.3 is 11.9 Å². The number of methoxy groups -OCH3 is 2. The molecule has 1 aliphatic heterocycles. The predicted octanol–water partition coefficient (Wildman–Crippen LogP) is 3.63. The monoisotopic (exact) mass is 421 g/mol. The third-order valence-corrected chi connectivity index (χ3v) is 4.35. The molecule has 1 heterocycles. The second kappa shape index (κ2) is 10.7. The minimum atomic E-state index is -0.667. The van der Waals surface area contributed by atoms with Gasteiger partial charge in [-0.05, 0) is 36.4 Å². The number of nitrogens with zero attached hydrogens (tertiary/aromatic N) is 1. The van der Waals surface area contributed by atoms with Crippen LogP contribution in [0.15, 0.2) is 90.3 Å². The lowest BCUT2D eigenvalue weighted by Gasteiger charge is -2.23. The highest BCUT2D eigenvalue weighted by Gasteiger charge is 2.27. The fraction of sp³-hybridized carbons (Fsp3) is 0.167. The van der Waals surface area contributed by atoms with Crippen LogP contribution in [0.1, 0.15) is 0 Å². The van der Waals surface area contributed by atoms with Gasteiger partial charge in [0.1, 0.15) is 30.4 Å². The Kier molecular flexibility index (Phi) is 7.48. The fourth-order valence-corrected chi connectivity index (χ4v) is 2.92. The number of carbonyl (C=O) groups excluding carboxylic acids is 2. The maximum absolute atomic E-state index is 12.5. The zero-order valence-electron chi connectivity index (χ0n) is 17.3. The first-order valence-electron chi connectivity index (χ1n) is 9.59. The Morgan fingerprint density at radius 1 is 0.806 bits per heavy atom. The summed E-state index contributed by atoms with van der Waals surface area (Å²) in [6.45, 7) is 0.713. The molecule has 160 valence electrons. The van der Waals surface area contributed by atoms with Crippen molar-refractivity contribution in [3.8, 4) is 11.5 Å². The Labute approximate surface area is 180 Å². The molecule has 0 fully saturated rings. The molecule has 0 bridgehead atoms. The van der Waals surface area contributed by atoms with E-state index < -0.39 is 11.9 Å². The highest BCUT2D eigenvalue weighted by atomic mass is 16.5. The molecule has 7 heteroatoms. The largest absolute Gasteiger partial charge is 0.490 e. The summed E-state index contributed by atoms with van der Waals surface area (Å²) in [5, 5.41) is 0. The molecule has 2 aromatic rings. The summed E-state index contributed by atoms with van der Waals surface area (Å²) in [5.74, 6) is 0.0452. The lowest BCUT2D eigenvalue weighted by Crippen LogP contribution is -2.27. The van der Waals surface area contributed by atoms with E-state index in [1.54, 1.807) is 47.5 Å². The van der Waals surface area contributed by atoms with Crippen molar-refractivity contribution in [2.45, 2.75) is 0 Å². The first kappa shape index (κ1) is 21.7. The predicted molar refractivity (Wildman–Crippen MR) is 116 cm³/mol. The van der Waals surface area contributed by atoms with E-state index in [1.807, 2.05) is 30.3 Å². The molecule has 0 N–H and O–H groups in total. The van der Waals surface area contributed by atoms with E-state index in [2.05, 4.69) is 0 Å². The highest BCUT2D eigenvalue weighted by Crippen LogP contribution is 2.29. The van der Waals surface area contributed by atoms with Crippen molar-refractivity contribution < 1.29 is 28.5 Å². The normalized spacial score (nSPS) is 12.9. The number of para-hydroxylation sites is 1. The summed E-state index contributed by atoms with van der Waals surface area (Å²) >= 11 is 0. The number of hydrogen-bond acceptors (Lipinski definition) is 7. The molecule has 0 aromatic heterocycles. The molecule has 1 aliphatic rings. The number of rotatable bonds is 8. The standard InChI is InChI=1S/C24H23NO6/c1-28-23(26)21-13-6-7-14-25(22(21)24(27)29-2)18-9-8-12-20(17-18)31-16-15-30-19-10-4-3-5-11-19/h3-14,17H,15-16H2,1-2H3. The van der Waals surface area contributed by atoms with E-state index in [0.717, 1.165) is 5.75 Å². The van der Waals surface area contributed by atoms with Gasteiger partial charge < -0.3 is 23.8 Å². The first-order chi connectivity index (χ1) is 15.1. The summed E-state index contributed by atoms with van der Waals surface area (Å²) in [6.07, 6.45) is 6.53. The molecule has 0 spiro atoms. The SMILES string of the molecule is COC(=O)C1=C(C(=O)OC)N(c2cccc(OCCOc3ccccc3)c2)C=CC=C1. The maximum atomic E-state index is 12.5. The van der Waals surface area contributed by atoms with Crippen LogP contribution in [0, 0.1) is 0 Å². The van der Waals surface area contributed by atoms with Crippen LogP contribution in [0.2, 0.25) is 0 Å². The molecular formula is C24H23NO6. The number of benzene rings is 2. The lowest BCUT2D eigenvalue weighted by atomic mass is 10.1. The zero-order valence-corrected chi connectivity index (χ0v) is 17.3. The van der Waals surface area contributed by atoms with Gasteiger partial charge in [-0.15, -0.1) is 0 Å². The van der Waals surface area contributed by atoms with Gasteiger partial charge in [0.05, 0.1) is 19.8 Å². The van der Waals surface area contributed by atoms with Crippen LogP contribution >= 0.6 is 0 Å². The Morgan fingerprint density at radius 3 is 2.19 bits per heavy atom. The average Bonchev–Trinajstić information content (AvgIpc) is 3.05. The summed E-state index contributed by atoms with van der Waals surface area (Å²) in [7, 11) is 2.51. The van der Waals surface area contributed by atoms with Crippen molar-refractivity contribution >= 4 is 17.6 Å². The Balaban J connectivity index is 1.79. The highest BCUT2D eigenvalue weighted by molar-refractivity contribution is 6.05. The lowest BCUT2D eigenvalue weighted by molar-refractivity contribution is -0.139. The van der Waals surface area contributed by atoms with Gasteiger partial charge in [0, 0.05) is 18.0 Å². The van der Waals surface area contributed by atoms with Gasteiger partial charge in [-0.25, -0.2) is 9.59 Å². The molecule has 0 unspecified atom stereocenters. The van der Waals surface area contributed by atoms with Crippen molar-refractivity contribution in [3.63, 3.8) is 0 Å². The Bertz CT molecular complexity index is 1010. The number of anilines is 1. The van der Waals surface area contributed by atoms with Crippen molar-refractivity contribution in [2.75, 3.05) is 32.3 Å². The summed E-state index contributed by atoms with van der Waals surface area (Å²) < 4.78 is 21.2. The molecular weight excluding hydrogens is 398 g/mol. The number of allylic oxidation sites excluding steroid dienone is 2. The topological polar surface area (TPSA) is 74.3 Å². The molecule has 0 amide bonds. The number of hydrogen-bond donors (Lipinski definition) is 0. The number of esters is 2. The van der Waals surface area contributed by atoms with E-state index in [1.165, 1.54) is 20.3 Å². The Morgan fingerprint density at radius 2 is 1.48 bits per heavy atom. The van der Waals surface area contributed by atoms with Crippen LogP contribution < -0.4 is 14.4 Å². The molecule has 2 aromatic carbocycles. The molecule has 0 aliphatic carbocycles. The van der Waals surface area contributed by atoms with Crippen LogP contribution in [0.3, 0.4) is 0 Å². The third kappa shape index (κ3) is 5.54. The average molecular weight is 421 g/mol. The van der Waals surface area contributed by atoms with Crippen LogP contribution in [-0.2, 0) is 19.1 Å². The van der Waals surface area contributed by atoms with Crippen LogP contribution in [0.4, 0.5) is 5.69 Å². The van der Waals surface area contributed by atoms with Gasteiger partial charge in [-0.3, -0.25) is 0 Å². The van der Waals surface area contributed by atoms with E-state index >= 15 is 0 Å². The minimum absolute atomic E-state index is 0.0453. The molecule has 31 heavy (non-hydrogen) atoms. The van der Waals surface area contributed by atoms with Gasteiger partial charge in [-0.1, -0.05) is 30.3 Å². The quantitative estimate of drug-likeness (QED) is 0.476. The van der Waals surface area contributed by atoms with Gasteiger partial charge in [0.25, 0.3) is 0 Å². The molecule has 0 saturated heterocycles. The van der Waals surface area contributed by atoms with E-state index in [4.69, 9.17) is 18.9 Å². The van der Waals surface area contributed by atoms with Gasteiger partial charge in [0.15, 0.2) is 0 Å². The van der Waals surface area contributed by atoms with E-state index in [0.29, 0.717) is 24.7 Å². The molecule has 3 rings (SSSR count). The molecule has 7 nitrogen and oxygen atoms in total. The van der Waals surface area contributed by atoms with Gasteiger partial charge in [0.2, 0.25) is 0 Å². The van der Waals surface area contributed by atoms with Crippen molar-refractivity contribution in [2.24, 2.45) is 0 Å². The Hall–Kier alpha value is -4.00. The van der Waals surface area contributed by atoms with Crippen LogP contribution in [0.5, 0.6) is 11.5 Å².